The van der Waals surface area contributed by atoms with Gasteiger partial charge in [-0.3, -0.25) is 4.79 Å². The van der Waals surface area contributed by atoms with E-state index >= 15 is 0 Å². The van der Waals surface area contributed by atoms with E-state index in [4.69, 9.17) is 10.8 Å². The lowest BCUT2D eigenvalue weighted by molar-refractivity contribution is 0.318. The highest BCUT2D eigenvalue weighted by atomic mass is 32.1. The van der Waals surface area contributed by atoms with Gasteiger partial charge < -0.3 is 10.7 Å². The number of hydrogen-bond donors (Lipinski definition) is 1. The van der Waals surface area contributed by atoms with Gasteiger partial charge in [-0.25, -0.2) is 9.66 Å². The van der Waals surface area contributed by atoms with Crippen LogP contribution in [0.5, 0.6) is 0 Å². The van der Waals surface area contributed by atoms with Crippen LogP contribution in [0.1, 0.15) is 16.0 Å². The van der Waals surface area contributed by atoms with Crippen LogP contribution >= 0.6 is 11.3 Å². The summed E-state index contributed by atoms with van der Waals surface area (Å²) in [5.41, 5.74) is 3.01. The van der Waals surface area contributed by atoms with Gasteiger partial charge in [-0.05, 0) is 26.0 Å². The van der Waals surface area contributed by atoms with Crippen molar-refractivity contribution in [2.24, 2.45) is 0 Å². The van der Waals surface area contributed by atoms with Crippen LogP contribution in [-0.2, 0) is 13.0 Å². The average Bonchev–Trinajstić information content (AvgIpc) is 2.89. The smallest absolute Gasteiger partial charge is 0.281 e. The summed E-state index contributed by atoms with van der Waals surface area (Å²) in [7, 11) is 2.10. The molecule has 0 spiro atoms. The molecule has 0 fully saturated rings. The van der Waals surface area contributed by atoms with Crippen molar-refractivity contribution in [3.05, 3.63) is 50.6 Å². The summed E-state index contributed by atoms with van der Waals surface area (Å²) in [6.45, 7) is 3.86. The molecule has 0 atom stereocenters. The van der Waals surface area contributed by atoms with Crippen LogP contribution < -0.4 is 11.4 Å². The zero-order valence-corrected chi connectivity index (χ0v) is 14.0. The average molecular weight is 326 g/mol. The second kappa shape index (κ2) is 5.18. The van der Waals surface area contributed by atoms with Crippen molar-refractivity contribution in [2.75, 3.05) is 19.4 Å². The molecule has 3 aromatic rings. The second-order valence-corrected chi connectivity index (χ2v) is 7.23. The first-order valence-electron chi connectivity index (χ1n) is 7.62. The number of nitrogen functional groups attached to an aromatic ring is 1. The molecule has 6 heteroatoms. The minimum absolute atomic E-state index is 0.146. The molecule has 2 aromatic heterocycles. The van der Waals surface area contributed by atoms with Gasteiger partial charge in [0.05, 0.1) is 5.39 Å². The van der Waals surface area contributed by atoms with E-state index in [2.05, 4.69) is 11.9 Å². The number of nitrogens with two attached hydrogens (primary N) is 1. The quantitative estimate of drug-likeness (QED) is 0.696. The summed E-state index contributed by atoms with van der Waals surface area (Å²) in [6.07, 6.45) is 0.882. The molecular weight excluding hydrogens is 308 g/mol. The van der Waals surface area contributed by atoms with Crippen molar-refractivity contribution in [1.29, 1.82) is 0 Å². The number of nitrogens with zero attached hydrogens (tertiary/aromatic N) is 3. The highest BCUT2D eigenvalue weighted by Gasteiger charge is 2.23. The molecule has 1 aliphatic rings. The molecule has 118 valence electrons. The summed E-state index contributed by atoms with van der Waals surface area (Å²) >= 11 is 1.62. The van der Waals surface area contributed by atoms with Crippen molar-refractivity contribution in [3.8, 4) is 11.4 Å². The highest BCUT2D eigenvalue weighted by molar-refractivity contribution is 7.18. The fourth-order valence-corrected chi connectivity index (χ4v) is 4.38. The predicted octanol–water partition coefficient (Wildman–Crippen LogP) is 2.14. The Morgan fingerprint density at radius 2 is 2.00 bits per heavy atom. The first kappa shape index (κ1) is 14.4. The van der Waals surface area contributed by atoms with E-state index in [0.29, 0.717) is 11.2 Å². The molecule has 0 aliphatic carbocycles. The van der Waals surface area contributed by atoms with Crippen LogP contribution in [0.2, 0.25) is 0 Å². The van der Waals surface area contributed by atoms with E-state index in [9.17, 15) is 4.79 Å². The van der Waals surface area contributed by atoms with Gasteiger partial charge in [-0.2, -0.15) is 0 Å². The van der Waals surface area contributed by atoms with Gasteiger partial charge >= 0.3 is 0 Å². The summed E-state index contributed by atoms with van der Waals surface area (Å²) < 4.78 is 1.19. The Hall–Kier alpha value is -2.18. The van der Waals surface area contributed by atoms with Gasteiger partial charge in [0, 0.05) is 23.5 Å². The fraction of sp³-hybridized carbons (Fsp3) is 0.294. The first-order chi connectivity index (χ1) is 11.0. The third-order valence-corrected chi connectivity index (χ3v) is 5.52. The Morgan fingerprint density at radius 3 is 2.74 bits per heavy atom. The molecule has 0 amide bonds. The number of aromatic nitrogens is 2. The van der Waals surface area contributed by atoms with Crippen LogP contribution in [-0.4, -0.2) is 28.2 Å². The largest absolute Gasteiger partial charge is 0.334 e. The van der Waals surface area contributed by atoms with E-state index in [1.807, 2.05) is 31.2 Å². The van der Waals surface area contributed by atoms with Gasteiger partial charge in [-0.15, -0.1) is 11.3 Å². The lowest BCUT2D eigenvalue weighted by Gasteiger charge is -2.21. The molecule has 0 radical (unpaired) electrons. The van der Waals surface area contributed by atoms with Crippen LogP contribution in [0.4, 0.5) is 0 Å². The molecule has 0 saturated carbocycles. The maximum atomic E-state index is 12.8. The fourth-order valence-electron chi connectivity index (χ4n) is 3.09. The number of aryl methyl sites for hydroxylation is 1. The van der Waals surface area contributed by atoms with Crippen LogP contribution in [0.3, 0.4) is 0 Å². The topological polar surface area (TPSA) is 64.1 Å². The molecule has 2 N–H and O–H groups in total. The van der Waals surface area contributed by atoms with Gasteiger partial charge in [0.15, 0.2) is 5.82 Å². The Bertz CT molecular complexity index is 955. The number of hydrogen-bond acceptors (Lipinski definition) is 5. The number of likely N-dealkylation sites (N-methyl/N-ethyl adjacent to an activating group) is 1. The summed E-state index contributed by atoms with van der Waals surface area (Å²) in [6, 6.07) is 7.90. The van der Waals surface area contributed by atoms with Gasteiger partial charge in [0.2, 0.25) is 0 Å². The van der Waals surface area contributed by atoms with Gasteiger partial charge in [0.1, 0.15) is 4.83 Å². The molecule has 0 saturated heterocycles. The molecule has 5 nitrogen and oxygen atoms in total. The summed E-state index contributed by atoms with van der Waals surface area (Å²) in [5, 5.41) is 0.705. The molecule has 0 unspecified atom stereocenters. The van der Waals surface area contributed by atoms with Crippen molar-refractivity contribution in [2.45, 2.75) is 19.9 Å². The predicted molar refractivity (Wildman–Crippen MR) is 94.2 cm³/mol. The first-order valence-corrected chi connectivity index (χ1v) is 8.44. The molecule has 23 heavy (non-hydrogen) atoms. The summed E-state index contributed by atoms with van der Waals surface area (Å²) in [4.78, 5) is 21.8. The van der Waals surface area contributed by atoms with E-state index in [1.165, 1.54) is 9.55 Å². The monoisotopic (exact) mass is 326 g/mol. The number of benzene rings is 1. The molecule has 4 rings (SSSR count). The number of rotatable bonds is 1. The summed E-state index contributed by atoms with van der Waals surface area (Å²) in [5.74, 6) is 6.60. The molecule has 1 aromatic carbocycles. The lowest BCUT2D eigenvalue weighted by atomic mass is 10.1. The molecule has 3 heterocycles. The van der Waals surface area contributed by atoms with E-state index in [0.717, 1.165) is 41.0 Å². The normalized spacial score (nSPS) is 15.0. The minimum atomic E-state index is -0.146. The van der Waals surface area contributed by atoms with Crippen molar-refractivity contribution in [3.63, 3.8) is 0 Å². The second-order valence-electron chi connectivity index (χ2n) is 6.15. The van der Waals surface area contributed by atoms with Crippen LogP contribution in [0.15, 0.2) is 29.1 Å². The number of fused-ring (bicyclic) bond motifs is 3. The molecule has 1 aliphatic heterocycles. The van der Waals surface area contributed by atoms with Crippen LogP contribution in [0, 0.1) is 6.92 Å². The Balaban J connectivity index is 1.97. The lowest BCUT2D eigenvalue weighted by Crippen LogP contribution is -2.31. The minimum Gasteiger partial charge on any atom is -0.334 e. The Labute approximate surface area is 138 Å². The number of thiophene rings is 1. The standard InChI is InChI=1S/C17H18N4OS/c1-10-3-5-11(6-4-10)15-19-16-14(17(22)21(15)18)12-7-8-20(2)9-13(12)23-16/h3-6H,7-9,18H2,1-2H3. The van der Waals surface area contributed by atoms with Gasteiger partial charge in [-0.1, -0.05) is 29.8 Å². The zero-order chi connectivity index (χ0) is 16.1. The Morgan fingerprint density at radius 1 is 1.26 bits per heavy atom. The van der Waals surface area contributed by atoms with Crippen LogP contribution in [0.25, 0.3) is 21.6 Å². The highest BCUT2D eigenvalue weighted by Crippen LogP contribution is 2.33. The van der Waals surface area contributed by atoms with E-state index in [-0.39, 0.29) is 5.56 Å². The SMILES string of the molecule is Cc1ccc(-c2nc3sc4c(c3c(=O)n2N)CCN(C)C4)cc1. The van der Waals surface area contributed by atoms with Gasteiger partial charge in [0.25, 0.3) is 5.56 Å². The third-order valence-electron chi connectivity index (χ3n) is 4.41. The maximum Gasteiger partial charge on any atom is 0.281 e. The van der Waals surface area contributed by atoms with E-state index in [1.54, 1.807) is 11.3 Å². The third kappa shape index (κ3) is 2.26. The Kier molecular flexibility index (Phi) is 3.25. The van der Waals surface area contributed by atoms with Crippen molar-refractivity contribution in [1.82, 2.24) is 14.6 Å². The molecule has 0 bridgehead atoms. The van der Waals surface area contributed by atoms with Crippen molar-refractivity contribution < 1.29 is 0 Å². The molecular formula is C17H18N4OS. The van der Waals surface area contributed by atoms with E-state index < -0.39 is 0 Å². The van der Waals surface area contributed by atoms with Crippen molar-refractivity contribution >= 4 is 21.6 Å². The zero-order valence-electron chi connectivity index (χ0n) is 13.2. The maximum absolute atomic E-state index is 12.8.